The summed E-state index contributed by atoms with van der Waals surface area (Å²) < 4.78 is 0. The zero-order valence-corrected chi connectivity index (χ0v) is 12.7. The first-order valence-electron chi connectivity index (χ1n) is 6.80. The third-order valence-corrected chi connectivity index (χ3v) is 3.96. The number of carbonyl (C=O) groups excluding carboxylic acids is 2. The predicted molar refractivity (Wildman–Crippen MR) is 78.1 cm³/mol. The van der Waals surface area contributed by atoms with Crippen LogP contribution in [0.2, 0.25) is 0 Å². The van der Waals surface area contributed by atoms with Gasteiger partial charge in [-0.3, -0.25) is 9.59 Å². The van der Waals surface area contributed by atoms with Crippen molar-refractivity contribution in [2.24, 2.45) is 11.7 Å². The van der Waals surface area contributed by atoms with Crippen LogP contribution in [0.4, 0.5) is 0 Å². The molecule has 0 aromatic heterocycles. The van der Waals surface area contributed by atoms with Gasteiger partial charge in [0.1, 0.15) is 0 Å². The van der Waals surface area contributed by atoms with E-state index in [1.54, 1.807) is 4.90 Å². The van der Waals surface area contributed by atoms with Gasteiger partial charge in [-0.05, 0) is 31.6 Å². The van der Waals surface area contributed by atoms with Gasteiger partial charge >= 0.3 is 0 Å². The quantitative estimate of drug-likeness (QED) is 0.790. The number of hydrogen-bond acceptors (Lipinski definition) is 3. The Balaban J connectivity index is 0.00000324. The van der Waals surface area contributed by atoms with E-state index in [1.165, 1.54) is 19.3 Å². The number of likely N-dealkylation sites (N-methyl/N-ethyl adjacent to an activating group) is 1. The monoisotopic (exact) mass is 291 g/mol. The molecule has 6 heteroatoms. The summed E-state index contributed by atoms with van der Waals surface area (Å²) in [6.07, 6.45) is 5.79. The van der Waals surface area contributed by atoms with Gasteiger partial charge in [0.05, 0.1) is 13.1 Å². The standard InChI is InChI=1S/C13H25N3O2.ClH/c1-3-10-4-6-11(7-5-10)16(2)13(18)9-15-12(17)8-14;/h10-11H,3-9,14H2,1-2H3,(H,15,17);1H. The molecule has 0 unspecified atom stereocenters. The Morgan fingerprint density at radius 1 is 1.26 bits per heavy atom. The first-order chi connectivity index (χ1) is 8.58. The lowest BCUT2D eigenvalue weighted by Crippen LogP contribution is -2.45. The maximum atomic E-state index is 11.9. The lowest BCUT2D eigenvalue weighted by Gasteiger charge is -2.34. The average Bonchev–Trinajstić information content (AvgIpc) is 2.43. The molecular formula is C13H26ClN3O2. The van der Waals surface area contributed by atoms with E-state index in [0.29, 0.717) is 6.04 Å². The van der Waals surface area contributed by atoms with Crippen LogP contribution in [0.1, 0.15) is 39.0 Å². The van der Waals surface area contributed by atoms with Crippen LogP contribution in [0.5, 0.6) is 0 Å². The molecule has 0 aliphatic heterocycles. The molecule has 1 saturated carbocycles. The van der Waals surface area contributed by atoms with E-state index >= 15 is 0 Å². The molecule has 0 radical (unpaired) electrons. The van der Waals surface area contributed by atoms with Crippen molar-refractivity contribution in [2.45, 2.75) is 45.1 Å². The molecule has 0 spiro atoms. The number of nitrogens with one attached hydrogen (secondary N) is 1. The molecule has 0 aromatic rings. The first kappa shape index (κ1) is 18.2. The van der Waals surface area contributed by atoms with Crippen LogP contribution in [0, 0.1) is 5.92 Å². The minimum absolute atomic E-state index is 0. The van der Waals surface area contributed by atoms with E-state index in [2.05, 4.69) is 12.2 Å². The first-order valence-corrected chi connectivity index (χ1v) is 6.80. The fourth-order valence-corrected chi connectivity index (χ4v) is 2.52. The van der Waals surface area contributed by atoms with Gasteiger partial charge in [0, 0.05) is 13.1 Å². The number of rotatable bonds is 5. The summed E-state index contributed by atoms with van der Waals surface area (Å²) in [6.45, 7) is 2.21. The van der Waals surface area contributed by atoms with Gasteiger partial charge in [-0.15, -0.1) is 12.4 Å². The van der Waals surface area contributed by atoms with Crippen molar-refractivity contribution < 1.29 is 9.59 Å². The summed E-state index contributed by atoms with van der Waals surface area (Å²) in [5, 5.41) is 2.52. The van der Waals surface area contributed by atoms with Crippen LogP contribution in [-0.4, -0.2) is 42.9 Å². The third kappa shape index (κ3) is 5.78. The summed E-state index contributed by atoms with van der Waals surface area (Å²) >= 11 is 0. The molecular weight excluding hydrogens is 266 g/mol. The molecule has 0 saturated heterocycles. The highest BCUT2D eigenvalue weighted by Crippen LogP contribution is 2.28. The minimum Gasteiger partial charge on any atom is -0.346 e. The Kier molecular flexibility index (Phi) is 8.76. The molecule has 5 nitrogen and oxygen atoms in total. The molecule has 3 N–H and O–H groups in total. The number of halogens is 1. The number of nitrogens with zero attached hydrogens (tertiary/aromatic N) is 1. The van der Waals surface area contributed by atoms with Gasteiger partial charge < -0.3 is 16.0 Å². The lowest BCUT2D eigenvalue weighted by atomic mass is 9.84. The molecule has 1 rings (SSSR count). The number of hydrogen-bond donors (Lipinski definition) is 2. The van der Waals surface area contributed by atoms with Crippen LogP contribution in [0.15, 0.2) is 0 Å². The summed E-state index contributed by atoms with van der Waals surface area (Å²) in [7, 11) is 1.83. The second-order valence-electron chi connectivity index (χ2n) is 5.07. The fourth-order valence-electron chi connectivity index (χ4n) is 2.52. The topological polar surface area (TPSA) is 75.4 Å². The maximum absolute atomic E-state index is 11.9. The number of nitrogens with two attached hydrogens (primary N) is 1. The van der Waals surface area contributed by atoms with Gasteiger partial charge in [0.2, 0.25) is 11.8 Å². The molecule has 1 aliphatic rings. The lowest BCUT2D eigenvalue weighted by molar-refractivity contribution is -0.133. The third-order valence-electron chi connectivity index (χ3n) is 3.96. The van der Waals surface area contributed by atoms with Gasteiger partial charge in [-0.25, -0.2) is 0 Å². The molecule has 0 bridgehead atoms. The zero-order valence-electron chi connectivity index (χ0n) is 11.9. The molecule has 112 valence electrons. The Morgan fingerprint density at radius 2 is 1.84 bits per heavy atom. The summed E-state index contributed by atoms with van der Waals surface area (Å²) in [6, 6.07) is 0.329. The molecule has 0 heterocycles. The Bertz CT molecular complexity index is 292. The smallest absolute Gasteiger partial charge is 0.241 e. The summed E-state index contributed by atoms with van der Waals surface area (Å²) in [5.41, 5.74) is 5.17. The second kappa shape index (κ2) is 9.15. The van der Waals surface area contributed by atoms with Crippen LogP contribution in [0.25, 0.3) is 0 Å². The number of carbonyl (C=O) groups is 2. The molecule has 19 heavy (non-hydrogen) atoms. The van der Waals surface area contributed by atoms with E-state index in [0.717, 1.165) is 18.8 Å². The molecule has 1 fully saturated rings. The zero-order chi connectivity index (χ0) is 13.5. The predicted octanol–water partition coefficient (Wildman–Crippen LogP) is 0.910. The van der Waals surface area contributed by atoms with Crippen LogP contribution >= 0.6 is 12.4 Å². The largest absolute Gasteiger partial charge is 0.346 e. The Morgan fingerprint density at radius 3 is 2.32 bits per heavy atom. The molecule has 2 amide bonds. The van der Waals surface area contributed by atoms with Gasteiger partial charge in [0.25, 0.3) is 0 Å². The summed E-state index contributed by atoms with van der Waals surface area (Å²) in [5.74, 6) is 0.505. The second-order valence-corrected chi connectivity index (χ2v) is 5.07. The fraction of sp³-hybridized carbons (Fsp3) is 0.846. The van der Waals surface area contributed by atoms with Gasteiger partial charge in [-0.1, -0.05) is 13.3 Å². The van der Waals surface area contributed by atoms with E-state index in [1.807, 2.05) is 7.05 Å². The number of amides is 2. The highest BCUT2D eigenvalue weighted by atomic mass is 35.5. The normalized spacial score (nSPS) is 22.3. The molecule has 0 atom stereocenters. The van der Waals surface area contributed by atoms with Crippen molar-refractivity contribution in [1.82, 2.24) is 10.2 Å². The highest BCUT2D eigenvalue weighted by Gasteiger charge is 2.25. The van der Waals surface area contributed by atoms with Crippen molar-refractivity contribution in [3.8, 4) is 0 Å². The van der Waals surface area contributed by atoms with Crippen LogP contribution < -0.4 is 11.1 Å². The van der Waals surface area contributed by atoms with Crippen molar-refractivity contribution in [1.29, 1.82) is 0 Å². The Labute approximate surface area is 121 Å². The van der Waals surface area contributed by atoms with Crippen molar-refractivity contribution in [3.63, 3.8) is 0 Å². The SMILES string of the molecule is CCC1CCC(N(C)C(=O)CNC(=O)CN)CC1.Cl. The molecule has 0 aromatic carbocycles. The van der Waals surface area contributed by atoms with E-state index in [4.69, 9.17) is 5.73 Å². The van der Waals surface area contributed by atoms with Crippen LogP contribution in [0.3, 0.4) is 0 Å². The van der Waals surface area contributed by atoms with Crippen molar-refractivity contribution >= 4 is 24.2 Å². The Hall–Kier alpha value is -0.810. The van der Waals surface area contributed by atoms with E-state index < -0.39 is 0 Å². The minimum atomic E-state index is -0.286. The maximum Gasteiger partial charge on any atom is 0.241 e. The van der Waals surface area contributed by atoms with Gasteiger partial charge in [-0.2, -0.15) is 0 Å². The van der Waals surface area contributed by atoms with Gasteiger partial charge in [0.15, 0.2) is 0 Å². The van der Waals surface area contributed by atoms with Crippen molar-refractivity contribution in [3.05, 3.63) is 0 Å². The highest BCUT2D eigenvalue weighted by molar-refractivity contribution is 5.85. The van der Waals surface area contributed by atoms with E-state index in [9.17, 15) is 9.59 Å². The molecule has 1 aliphatic carbocycles. The van der Waals surface area contributed by atoms with Crippen molar-refractivity contribution in [2.75, 3.05) is 20.1 Å². The van der Waals surface area contributed by atoms with E-state index in [-0.39, 0.29) is 37.3 Å². The average molecular weight is 292 g/mol. The summed E-state index contributed by atoms with van der Waals surface area (Å²) in [4.78, 5) is 24.7. The van der Waals surface area contributed by atoms with Crippen LogP contribution in [-0.2, 0) is 9.59 Å².